The Morgan fingerprint density at radius 2 is 2.00 bits per heavy atom. The van der Waals surface area contributed by atoms with Crippen LogP contribution in [0.15, 0.2) is 0 Å². The van der Waals surface area contributed by atoms with E-state index in [1.807, 2.05) is 0 Å². The number of cyclic esters (lactones) is 2. The topological polar surface area (TPSA) is 50.8 Å². The van der Waals surface area contributed by atoms with Crippen LogP contribution < -0.4 is 5.32 Å². The fourth-order valence-electron chi connectivity index (χ4n) is 2.62. The zero-order chi connectivity index (χ0) is 13.2. The summed E-state index contributed by atoms with van der Waals surface area (Å²) in [7, 11) is 0. The third-order valence-electron chi connectivity index (χ3n) is 3.34. The molecule has 18 heavy (non-hydrogen) atoms. The Morgan fingerprint density at radius 1 is 1.33 bits per heavy atom. The number of nitrogens with zero attached hydrogens (tertiary/aromatic N) is 1. The van der Waals surface area contributed by atoms with E-state index in [9.17, 15) is 4.79 Å². The predicted octanol–water partition coefficient (Wildman–Crippen LogP) is 1.37. The zero-order valence-corrected chi connectivity index (χ0v) is 11.6. The quantitative estimate of drug-likeness (QED) is 0.773. The Kier molecular flexibility index (Phi) is 4.12. The minimum atomic E-state index is -0.524. The van der Waals surface area contributed by atoms with Gasteiger partial charge >= 0.3 is 6.16 Å². The van der Waals surface area contributed by atoms with Crippen molar-refractivity contribution in [1.29, 1.82) is 0 Å². The number of hydrogen-bond donors (Lipinski definition) is 1. The van der Waals surface area contributed by atoms with Gasteiger partial charge in [-0.1, -0.05) is 0 Å². The third kappa shape index (κ3) is 4.14. The zero-order valence-electron chi connectivity index (χ0n) is 11.6. The van der Waals surface area contributed by atoms with Gasteiger partial charge in [0.15, 0.2) is 6.10 Å². The first-order chi connectivity index (χ1) is 8.42. The van der Waals surface area contributed by atoms with Crippen LogP contribution in [0.2, 0.25) is 0 Å². The van der Waals surface area contributed by atoms with Crippen molar-refractivity contribution in [3.05, 3.63) is 0 Å². The highest BCUT2D eigenvalue weighted by Crippen LogP contribution is 2.16. The van der Waals surface area contributed by atoms with Crippen molar-refractivity contribution in [2.75, 3.05) is 26.2 Å². The first-order valence-corrected chi connectivity index (χ1v) is 6.76. The summed E-state index contributed by atoms with van der Waals surface area (Å²) in [4.78, 5) is 13.2. The molecule has 0 aromatic heterocycles. The van der Waals surface area contributed by atoms with Gasteiger partial charge in [0.2, 0.25) is 0 Å². The molecule has 0 bridgehead atoms. The summed E-state index contributed by atoms with van der Waals surface area (Å²) >= 11 is 0. The summed E-state index contributed by atoms with van der Waals surface area (Å²) in [5, 5.41) is 3.64. The fourth-order valence-corrected chi connectivity index (χ4v) is 2.62. The molecule has 0 amide bonds. The average molecular weight is 256 g/mol. The monoisotopic (exact) mass is 256 g/mol. The summed E-state index contributed by atoms with van der Waals surface area (Å²) < 4.78 is 9.85. The second kappa shape index (κ2) is 5.45. The van der Waals surface area contributed by atoms with E-state index in [2.05, 4.69) is 31.0 Å². The molecule has 0 radical (unpaired) electrons. The van der Waals surface area contributed by atoms with Crippen molar-refractivity contribution in [2.24, 2.45) is 0 Å². The van der Waals surface area contributed by atoms with Crippen molar-refractivity contribution in [1.82, 2.24) is 10.2 Å². The Hall–Kier alpha value is -0.810. The molecule has 0 spiro atoms. The van der Waals surface area contributed by atoms with Crippen molar-refractivity contribution in [3.8, 4) is 0 Å². The lowest BCUT2D eigenvalue weighted by Crippen LogP contribution is -2.50. The van der Waals surface area contributed by atoms with Crippen LogP contribution in [0.25, 0.3) is 0 Å². The maximum Gasteiger partial charge on any atom is 0.508 e. The smallest absolute Gasteiger partial charge is 0.430 e. The van der Waals surface area contributed by atoms with E-state index in [0.717, 1.165) is 32.5 Å². The molecule has 0 aromatic carbocycles. The van der Waals surface area contributed by atoms with Crippen LogP contribution in [0.1, 0.15) is 33.6 Å². The lowest BCUT2D eigenvalue weighted by atomic mass is 10.00. The molecule has 2 aliphatic rings. The van der Waals surface area contributed by atoms with E-state index in [4.69, 9.17) is 9.47 Å². The molecule has 2 aliphatic heterocycles. The summed E-state index contributed by atoms with van der Waals surface area (Å²) in [6.07, 6.45) is 1.70. The lowest BCUT2D eigenvalue weighted by Gasteiger charge is -2.36. The van der Waals surface area contributed by atoms with E-state index in [1.165, 1.54) is 0 Å². The second-order valence-corrected chi connectivity index (χ2v) is 6.27. The van der Waals surface area contributed by atoms with Gasteiger partial charge in [0.1, 0.15) is 6.61 Å². The summed E-state index contributed by atoms with van der Waals surface area (Å²) in [6.45, 7) is 9.93. The molecule has 5 heteroatoms. The first-order valence-electron chi connectivity index (χ1n) is 6.76. The van der Waals surface area contributed by atoms with E-state index in [0.29, 0.717) is 12.6 Å². The molecule has 1 unspecified atom stereocenters. The highest BCUT2D eigenvalue weighted by molar-refractivity contribution is 5.61. The third-order valence-corrected chi connectivity index (χ3v) is 3.34. The van der Waals surface area contributed by atoms with E-state index >= 15 is 0 Å². The van der Waals surface area contributed by atoms with Crippen molar-refractivity contribution >= 4 is 6.16 Å². The van der Waals surface area contributed by atoms with Gasteiger partial charge in [0, 0.05) is 18.1 Å². The Bertz CT molecular complexity index is 293. The van der Waals surface area contributed by atoms with Crippen LogP contribution in [0.4, 0.5) is 4.79 Å². The normalized spacial score (nSPS) is 27.1. The molecular weight excluding hydrogens is 232 g/mol. The second-order valence-electron chi connectivity index (χ2n) is 6.27. The van der Waals surface area contributed by atoms with Crippen LogP contribution in [0.3, 0.4) is 0 Å². The molecule has 2 heterocycles. The summed E-state index contributed by atoms with van der Waals surface area (Å²) in [5.74, 6) is 0. The molecule has 1 atom stereocenters. The molecule has 1 N–H and O–H groups in total. The van der Waals surface area contributed by atoms with Crippen LogP contribution in [0, 0.1) is 0 Å². The van der Waals surface area contributed by atoms with Gasteiger partial charge in [0.25, 0.3) is 0 Å². The molecule has 2 fully saturated rings. The van der Waals surface area contributed by atoms with Gasteiger partial charge in [-0.3, -0.25) is 4.90 Å². The number of piperidine rings is 1. The molecule has 0 saturated carbocycles. The van der Waals surface area contributed by atoms with Gasteiger partial charge in [-0.15, -0.1) is 0 Å². The maximum absolute atomic E-state index is 10.8. The van der Waals surface area contributed by atoms with E-state index in [-0.39, 0.29) is 11.6 Å². The number of carbonyl (C=O) groups excluding carboxylic acids is 1. The predicted molar refractivity (Wildman–Crippen MR) is 68.6 cm³/mol. The molecular formula is C13H24N2O3. The number of rotatable bonds is 3. The number of hydrogen-bond acceptors (Lipinski definition) is 5. The van der Waals surface area contributed by atoms with Gasteiger partial charge in [0.05, 0.1) is 0 Å². The van der Waals surface area contributed by atoms with Crippen LogP contribution in [-0.4, -0.2) is 55.0 Å². The van der Waals surface area contributed by atoms with Crippen LogP contribution in [-0.2, 0) is 9.47 Å². The number of likely N-dealkylation sites (tertiary alicyclic amines) is 1. The highest BCUT2D eigenvalue weighted by Gasteiger charge is 2.29. The number of carbonyl (C=O) groups is 1. The Balaban J connectivity index is 1.69. The molecule has 0 aliphatic carbocycles. The van der Waals surface area contributed by atoms with Gasteiger partial charge < -0.3 is 14.8 Å². The van der Waals surface area contributed by atoms with Crippen LogP contribution in [0.5, 0.6) is 0 Å². The summed E-state index contributed by atoms with van der Waals surface area (Å²) in [5.41, 5.74) is 0.182. The number of ether oxygens (including phenoxy) is 2. The summed E-state index contributed by atoms with van der Waals surface area (Å²) in [6, 6.07) is 0.601. The fraction of sp³-hybridized carbons (Fsp3) is 0.923. The van der Waals surface area contributed by atoms with Crippen LogP contribution >= 0.6 is 0 Å². The molecule has 5 nitrogen and oxygen atoms in total. The number of nitrogens with one attached hydrogen (secondary N) is 1. The first kappa shape index (κ1) is 13.6. The van der Waals surface area contributed by atoms with Crippen molar-refractivity contribution in [3.63, 3.8) is 0 Å². The molecule has 2 saturated heterocycles. The maximum atomic E-state index is 10.8. The standard InChI is InChI=1S/C13H24N2O3/c1-13(2,3)14-10-4-6-15(7-5-10)8-11-9-17-12(16)18-11/h10-11,14H,4-9H2,1-3H3. The van der Waals surface area contributed by atoms with E-state index < -0.39 is 6.16 Å². The highest BCUT2D eigenvalue weighted by atomic mass is 16.8. The minimum Gasteiger partial charge on any atom is -0.430 e. The molecule has 2 rings (SSSR count). The van der Waals surface area contributed by atoms with Crippen molar-refractivity contribution < 1.29 is 14.3 Å². The van der Waals surface area contributed by atoms with Gasteiger partial charge in [-0.05, 0) is 46.7 Å². The Morgan fingerprint density at radius 3 is 2.50 bits per heavy atom. The molecule has 104 valence electrons. The van der Waals surface area contributed by atoms with Gasteiger partial charge in [-0.2, -0.15) is 0 Å². The van der Waals surface area contributed by atoms with E-state index in [1.54, 1.807) is 0 Å². The Labute approximate surface area is 109 Å². The largest absolute Gasteiger partial charge is 0.508 e. The van der Waals surface area contributed by atoms with Gasteiger partial charge in [-0.25, -0.2) is 4.79 Å². The minimum absolute atomic E-state index is 0.0791. The molecule has 0 aromatic rings. The lowest BCUT2D eigenvalue weighted by molar-refractivity contribution is 0.0896. The average Bonchev–Trinajstić information content (AvgIpc) is 2.65. The SMILES string of the molecule is CC(C)(C)NC1CCN(CC2COC(=O)O2)CC1. The van der Waals surface area contributed by atoms with Crippen molar-refractivity contribution in [2.45, 2.75) is 51.3 Å².